The number of hydrogen-bond donors (Lipinski definition) is 2. The van der Waals surface area contributed by atoms with Crippen LogP contribution in [-0.4, -0.2) is 48.5 Å². The summed E-state index contributed by atoms with van der Waals surface area (Å²) in [5.41, 5.74) is 3.01. The molecule has 2 saturated heterocycles. The topological polar surface area (TPSA) is 68.2 Å². The molecule has 4 rings (SSSR count). The average molecular weight is 419 g/mol. The SMILES string of the molecule is Cc1ccccc1C1(CNC(=O)c2ccn(C3CCCNC3)n2)CCOCC1.Cl. The number of hydrogen-bond acceptors (Lipinski definition) is 4. The van der Waals surface area contributed by atoms with Crippen LogP contribution in [0.4, 0.5) is 0 Å². The van der Waals surface area contributed by atoms with Crippen molar-refractivity contribution in [3.8, 4) is 0 Å². The number of benzene rings is 1. The summed E-state index contributed by atoms with van der Waals surface area (Å²) >= 11 is 0. The van der Waals surface area contributed by atoms with E-state index in [-0.39, 0.29) is 23.7 Å². The first kappa shape index (κ1) is 21.8. The number of halogens is 1. The summed E-state index contributed by atoms with van der Waals surface area (Å²) in [6.45, 7) is 6.20. The highest BCUT2D eigenvalue weighted by atomic mass is 35.5. The molecule has 0 spiro atoms. The zero-order valence-electron chi connectivity index (χ0n) is 17.0. The minimum Gasteiger partial charge on any atom is -0.381 e. The summed E-state index contributed by atoms with van der Waals surface area (Å²) in [7, 11) is 0. The van der Waals surface area contributed by atoms with Crippen molar-refractivity contribution in [2.75, 3.05) is 32.8 Å². The van der Waals surface area contributed by atoms with Crippen LogP contribution in [0.2, 0.25) is 0 Å². The molecule has 1 unspecified atom stereocenters. The predicted octanol–water partition coefficient (Wildman–Crippen LogP) is 3.02. The van der Waals surface area contributed by atoms with Crippen LogP contribution in [0.15, 0.2) is 36.5 Å². The van der Waals surface area contributed by atoms with Crippen LogP contribution in [0.1, 0.15) is 53.3 Å². The van der Waals surface area contributed by atoms with Gasteiger partial charge in [0.15, 0.2) is 0 Å². The molecule has 2 aliphatic heterocycles. The third-order valence-electron chi connectivity index (χ3n) is 6.24. The predicted molar refractivity (Wildman–Crippen MR) is 116 cm³/mol. The highest BCUT2D eigenvalue weighted by molar-refractivity contribution is 5.92. The van der Waals surface area contributed by atoms with Gasteiger partial charge in [0.05, 0.1) is 6.04 Å². The van der Waals surface area contributed by atoms with Crippen molar-refractivity contribution in [2.24, 2.45) is 0 Å². The Balaban J connectivity index is 0.00000240. The fraction of sp³-hybridized carbons (Fsp3) is 0.545. The Hall–Kier alpha value is -1.89. The molecule has 29 heavy (non-hydrogen) atoms. The van der Waals surface area contributed by atoms with E-state index in [0.717, 1.165) is 52.0 Å². The Kier molecular flexibility index (Phi) is 7.33. The lowest BCUT2D eigenvalue weighted by molar-refractivity contribution is 0.0484. The normalized spacial score (nSPS) is 21.2. The second kappa shape index (κ2) is 9.74. The zero-order chi connectivity index (χ0) is 19.4. The van der Waals surface area contributed by atoms with E-state index in [1.165, 1.54) is 11.1 Å². The number of carbonyl (C=O) groups is 1. The summed E-state index contributed by atoms with van der Waals surface area (Å²) in [5.74, 6) is -0.0954. The highest BCUT2D eigenvalue weighted by Gasteiger charge is 2.36. The molecule has 0 saturated carbocycles. The van der Waals surface area contributed by atoms with Crippen LogP contribution < -0.4 is 10.6 Å². The van der Waals surface area contributed by atoms with Crippen LogP contribution >= 0.6 is 12.4 Å². The number of ether oxygens (including phenoxy) is 1. The van der Waals surface area contributed by atoms with Gasteiger partial charge in [-0.25, -0.2) is 0 Å². The molecule has 1 amide bonds. The minimum absolute atomic E-state index is 0. The van der Waals surface area contributed by atoms with Gasteiger partial charge in [-0.1, -0.05) is 24.3 Å². The van der Waals surface area contributed by atoms with Gasteiger partial charge in [-0.2, -0.15) is 5.10 Å². The second-order valence-electron chi connectivity index (χ2n) is 8.07. The highest BCUT2D eigenvalue weighted by Crippen LogP contribution is 2.36. The van der Waals surface area contributed by atoms with E-state index < -0.39 is 0 Å². The van der Waals surface area contributed by atoms with Crippen LogP contribution in [-0.2, 0) is 10.2 Å². The minimum atomic E-state index is -0.0954. The van der Waals surface area contributed by atoms with Crippen LogP contribution in [0.3, 0.4) is 0 Å². The van der Waals surface area contributed by atoms with Gasteiger partial charge in [-0.05, 0) is 56.3 Å². The number of amides is 1. The van der Waals surface area contributed by atoms with Crippen LogP contribution in [0.5, 0.6) is 0 Å². The van der Waals surface area contributed by atoms with E-state index in [2.05, 4.69) is 46.9 Å². The average Bonchev–Trinajstić information content (AvgIpc) is 3.24. The fourth-order valence-corrected chi connectivity index (χ4v) is 4.53. The van der Waals surface area contributed by atoms with Crippen LogP contribution in [0.25, 0.3) is 0 Å². The van der Waals surface area contributed by atoms with E-state index in [1.807, 2.05) is 16.9 Å². The van der Waals surface area contributed by atoms with E-state index in [1.54, 1.807) is 0 Å². The fourth-order valence-electron chi connectivity index (χ4n) is 4.53. The summed E-state index contributed by atoms with van der Waals surface area (Å²) in [6.07, 6.45) is 6.01. The lowest BCUT2D eigenvalue weighted by Gasteiger charge is -2.38. The van der Waals surface area contributed by atoms with E-state index >= 15 is 0 Å². The van der Waals surface area contributed by atoms with Gasteiger partial charge in [0, 0.05) is 37.9 Å². The third kappa shape index (κ3) is 4.82. The molecular formula is C22H31ClN4O2. The maximum absolute atomic E-state index is 12.8. The summed E-state index contributed by atoms with van der Waals surface area (Å²) in [6, 6.07) is 10.7. The largest absolute Gasteiger partial charge is 0.381 e. The number of carbonyl (C=O) groups excluding carboxylic acids is 1. The Morgan fingerprint density at radius 3 is 2.83 bits per heavy atom. The number of piperidine rings is 1. The monoisotopic (exact) mass is 418 g/mol. The van der Waals surface area contributed by atoms with Gasteiger partial charge in [0.1, 0.15) is 5.69 Å². The maximum atomic E-state index is 12.8. The summed E-state index contributed by atoms with van der Waals surface area (Å²) in [4.78, 5) is 12.8. The van der Waals surface area contributed by atoms with Crippen LogP contribution in [0, 0.1) is 6.92 Å². The Bertz CT molecular complexity index is 811. The molecule has 0 aliphatic carbocycles. The number of aryl methyl sites for hydroxylation is 1. The van der Waals surface area contributed by atoms with Crippen molar-refractivity contribution in [1.29, 1.82) is 0 Å². The van der Waals surface area contributed by atoms with Crippen molar-refractivity contribution >= 4 is 18.3 Å². The molecule has 0 radical (unpaired) electrons. The molecule has 2 aliphatic rings. The molecule has 2 aromatic rings. The Morgan fingerprint density at radius 1 is 1.31 bits per heavy atom. The first-order chi connectivity index (χ1) is 13.7. The molecule has 1 aromatic heterocycles. The van der Waals surface area contributed by atoms with Gasteiger partial charge in [-0.3, -0.25) is 9.48 Å². The smallest absolute Gasteiger partial charge is 0.271 e. The van der Waals surface area contributed by atoms with Gasteiger partial charge in [0.25, 0.3) is 5.91 Å². The standard InChI is InChI=1S/C22H30N4O2.ClH/c1-17-5-2-3-7-19(17)22(9-13-28-14-10-22)16-24-21(27)20-8-12-26(25-20)18-6-4-11-23-15-18;/h2-3,5,7-8,12,18,23H,4,6,9-11,13-16H2,1H3,(H,24,27);1H. The molecule has 7 heteroatoms. The van der Waals surface area contributed by atoms with E-state index in [0.29, 0.717) is 18.3 Å². The van der Waals surface area contributed by atoms with Crippen molar-refractivity contribution in [3.05, 3.63) is 53.3 Å². The lowest BCUT2D eigenvalue weighted by atomic mass is 9.72. The lowest BCUT2D eigenvalue weighted by Crippen LogP contribution is -2.45. The van der Waals surface area contributed by atoms with Crippen molar-refractivity contribution in [1.82, 2.24) is 20.4 Å². The zero-order valence-corrected chi connectivity index (χ0v) is 17.8. The molecular weight excluding hydrogens is 388 g/mol. The molecule has 3 heterocycles. The molecule has 1 aromatic carbocycles. The molecule has 1 atom stereocenters. The molecule has 2 fully saturated rings. The number of rotatable bonds is 5. The van der Waals surface area contributed by atoms with Gasteiger partial charge >= 0.3 is 0 Å². The molecule has 2 N–H and O–H groups in total. The first-order valence-corrected chi connectivity index (χ1v) is 10.4. The summed E-state index contributed by atoms with van der Waals surface area (Å²) < 4.78 is 7.55. The molecule has 158 valence electrons. The van der Waals surface area contributed by atoms with Gasteiger partial charge in [-0.15, -0.1) is 12.4 Å². The quantitative estimate of drug-likeness (QED) is 0.783. The number of aromatic nitrogens is 2. The molecule has 6 nitrogen and oxygen atoms in total. The van der Waals surface area contributed by atoms with E-state index in [9.17, 15) is 4.79 Å². The van der Waals surface area contributed by atoms with E-state index in [4.69, 9.17) is 4.74 Å². The maximum Gasteiger partial charge on any atom is 0.271 e. The van der Waals surface area contributed by atoms with Crippen molar-refractivity contribution in [3.63, 3.8) is 0 Å². The number of nitrogens with one attached hydrogen (secondary N) is 2. The second-order valence-corrected chi connectivity index (χ2v) is 8.07. The van der Waals surface area contributed by atoms with Crippen molar-refractivity contribution < 1.29 is 9.53 Å². The Morgan fingerprint density at radius 2 is 2.10 bits per heavy atom. The third-order valence-corrected chi connectivity index (χ3v) is 6.24. The summed E-state index contributed by atoms with van der Waals surface area (Å²) in [5, 5.41) is 11.1. The van der Waals surface area contributed by atoms with Gasteiger partial charge < -0.3 is 15.4 Å². The van der Waals surface area contributed by atoms with Crippen molar-refractivity contribution in [2.45, 2.75) is 44.1 Å². The molecule has 0 bridgehead atoms. The Labute approximate surface area is 178 Å². The van der Waals surface area contributed by atoms with Gasteiger partial charge in [0.2, 0.25) is 0 Å². The first-order valence-electron chi connectivity index (χ1n) is 10.4. The number of nitrogens with zero attached hydrogens (tertiary/aromatic N) is 2.